The SMILES string of the molecule is COC1CCC(CO[Si](c2ccccc2)(c2ccccc2)C(C)(C)C)N1C(=O)O. The molecule has 0 saturated carbocycles. The minimum absolute atomic E-state index is 0.136. The van der Waals surface area contributed by atoms with Gasteiger partial charge in [-0.05, 0) is 28.3 Å². The van der Waals surface area contributed by atoms with Crippen molar-refractivity contribution in [1.82, 2.24) is 4.90 Å². The minimum Gasteiger partial charge on any atom is -0.465 e. The monoisotopic (exact) mass is 413 g/mol. The molecule has 3 rings (SSSR count). The van der Waals surface area contributed by atoms with E-state index < -0.39 is 20.6 Å². The highest BCUT2D eigenvalue weighted by atomic mass is 28.4. The normalized spacial score (nSPS) is 20.1. The molecular weight excluding hydrogens is 382 g/mol. The minimum atomic E-state index is -2.67. The lowest BCUT2D eigenvalue weighted by molar-refractivity contribution is -0.0153. The van der Waals surface area contributed by atoms with Crippen LogP contribution in [0.1, 0.15) is 33.6 Å². The lowest BCUT2D eigenvalue weighted by atomic mass is 10.2. The van der Waals surface area contributed by atoms with Gasteiger partial charge in [-0.25, -0.2) is 4.79 Å². The summed E-state index contributed by atoms with van der Waals surface area (Å²) in [6, 6.07) is 20.6. The Balaban J connectivity index is 2.02. The van der Waals surface area contributed by atoms with E-state index in [0.717, 1.165) is 6.42 Å². The third kappa shape index (κ3) is 4.10. The van der Waals surface area contributed by atoms with E-state index in [4.69, 9.17) is 9.16 Å². The maximum Gasteiger partial charge on any atom is 0.409 e. The van der Waals surface area contributed by atoms with Gasteiger partial charge in [-0.15, -0.1) is 0 Å². The summed E-state index contributed by atoms with van der Waals surface area (Å²) in [5.41, 5.74) is 0. The lowest BCUT2D eigenvalue weighted by Crippen LogP contribution is -2.67. The highest BCUT2D eigenvalue weighted by Gasteiger charge is 2.51. The van der Waals surface area contributed by atoms with Gasteiger partial charge in [0.25, 0.3) is 8.32 Å². The molecule has 156 valence electrons. The molecule has 0 aromatic heterocycles. The Bertz CT molecular complexity index is 767. The van der Waals surface area contributed by atoms with Gasteiger partial charge in [-0.2, -0.15) is 0 Å². The van der Waals surface area contributed by atoms with Gasteiger partial charge in [0.05, 0.1) is 12.6 Å². The van der Waals surface area contributed by atoms with Gasteiger partial charge in [0.2, 0.25) is 0 Å². The standard InChI is InChI=1S/C23H31NO4Si/c1-23(2,3)29(19-11-7-5-8-12-19,20-13-9-6-10-14-20)28-17-18-15-16-21(27-4)24(18)22(25)26/h5-14,18,21H,15-17H2,1-4H3,(H,25,26). The van der Waals surface area contributed by atoms with Gasteiger partial charge in [0.15, 0.2) is 0 Å². The zero-order valence-electron chi connectivity index (χ0n) is 17.7. The number of carboxylic acid groups (broad SMARTS) is 1. The van der Waals surface area contributed by atoms with E-state index in [-0.39, 0.29) is 11.1 Å². The fourth-order valence-electron chi connectivity index (χ4n) is 4.51. The van der Waals surface area contributed by atoms with Gasteiger partial charge in [0, 0.05) is 7.11 Å². The molecule has 1 saturated heterocycles. The highest BCUT2D eigenvalue weighted by molar-refractivity contribution is 6.99. The maximum atomic E-state index is 11.8. The second-order valence-electron chi connectivity index (χ2n) is 8.59. The summed E-state index contributed by atoms with van der Waals surface area (Å²) in [6.45, 7) is 7.03. The second kappa shape index (κ2) is 8.69. The zero-order chi connectivity index (χ0) is 21.1. The van der Waals surface area contributed by atoms with E-state index in [1.165, 1.54) is 15.3 Å². The van der Waals surface area contributed by atoms with Crippen LogP contribution in [0.3, 0.4) is 0 Å². The molecule has 1 N–H and O–H groups in total. The Morgan fingerprint density at radius 2 is 1.55 bits per heavy atom. The molecule has 29 heavy (non-hydrogen) atoms. The van der Waals surface area contributed by atoms with Gasteiger partial charge >= 0.3 is 6.09 Å². The summed E-state index contributed by atoms with van der Waals surface area (Å²) < 4.78 is 12.3. The van der Waals surface area contributed by atoms with Crippen molar-refractivity contribution in [2.24, 2.45) is 0 Å². The number of amides is 1. The summed E-state index contributed by atoms with van der Waals surface area (Å²) in [5.74, 6) is 0. The molecule has 0 bridgehead atoms. The first kappa shape index (κ1) is 21.6. The van der Waals surface area contributed by atoms with Crippen molar-refractivity contribution in [3.05, 3.63) is 60.7 Å². The average Bonchev–Trinajstić information content (AvgIpc) is 3.12. The summed E-state index contributed by atoms with van der Waals surface area (Å²) in [5, 5.41) is 12.0. The molecule has 2 unspecified atom stereocenters. The van der Waals surface area contributed by atoms with Crippen LogP contribution in [0.4, 0.5) is 4.79 Å². The number of nitrogens with zero attached hydrogens (tertiary/aromatic N) is 1. The second-order valence-corrected chi connectivity index (χ2v) is 12.9. The van der Waals surface area contributed by atoms with E-state index in [9.17, 15) is 9.90 Å². The van der Waals surface area contributed by atoms with Gasteiger partial charge in [-0.3, -0.25) is 4.90 Å². The lowest BCUT2D eigenvalue weighted by Gasteiger charge is -2.44. The molecule has 0 aliphatic carbocycles. The van der Waals surface area contributed by atoms with Crippen molar-refractivity contribution < 1.29 is 19.1 Å². The summed E-state index contributed by atoms with van der Waals surface area (Å²) >= 11 is 0. The molecule has 6 heteroatoms. The molecule has 2 aromatic carbocycles. The van der Waals surface area contributed by atoms with Gasteiger partial charge in [0.1, 0.15) is 6.23 Å². The van der Waals surface area contributed by atoms with Crippen LogP contribution in [-0.4, -0.2) is 50.4 Å². The summed E-state index contributed by atoms with van der Waals surface area (Å²) in [6.07, 6.45) is 0.0753. The number of hydrogen-bond acceptors (Lipinski definition) is 3. The molecular formula is C23H31NO4Si. The third-order valence-electron chi connectivity index (χ3n) is 5.85. The summed E-state index contributed by atoms with van der Waals surface area (Å²) in [7, 11) is -1.11. The first-order chi connectivity index (χ1) is 13.8. The highest BCUT2D eigenvalue weighted by Crippen LogP contribution is 2.37. The molecule has 1 aliphatic heterocycles. The number of hydrogen-bond donors (Lipinski definition) is 1. The molecule has 1 aliphatic rings. The molecule has 5 nitrogen and oxygen atoms in total. The smallest absolute Gasteiger partial charge is 0.409 e. The number of rotatable bonds is 6. The Morgan fingerprint density at radius 1 is 1.03 bits per heavy atom. The van der Waals surface area contributed by atoms with Crippen molar-refractivity contribution in [2.75, 3.05) is 13.7 Å². The molecule has 0 radical (unpaired) electrons. The average molecular weight is 414 g/mol. The Kier molecular flexibility index (Phi) is 6.46. The molecule has 2 aromatic rings. The van der Waals surface area contributed by atoms with E-state index in [1.54, 1.807) is 7.11 Å². The maximum absolute atomic E-state index is 11.8. The summed E-state index contributed by atoms with van der Waals surface area (Å²) in [4.78, 5) is 13.3. The number of ether oxygens (including phenoxy) is 1. The van der Waals surface area contributed by atoms with Crippen LogP contribution in [-0.2, 0) is 9.16 Å². The third-order valence-corrected chi connectivity index (χ3v) is 10.9. The largest absolute Gasteiger partial charge is 0.465 e. The topological polar surface area (TPSA) is 59.0 Å². The zero-order valence-corrected chi connectivity index (χ0v) is 18.7. The van der Waals surface area contributed by atoms with Crippen LogP contribution in [0.15, 0.2) is 60.7 Å². The van der Waals surface area contributed by atoms with Crippen LogP contribution in [0.5, 0.6) is 0 Å². The molecule has 1 fully saturated rings. The van der Waals surface area contributed by atoms with Crippen molar-refractivity contribution >= 4 is 24.8 Å². The molecule has 1 amide bonds. The van der Waals surface area contributed by atoms with E-state index >= 15 is 0 Å². The van der Waals surface area contributed by atoms with Crippen molar-refractivity contribution in [2.45, 2.75) is 50.9 Å². The van der Waals surface area contributed by atoms with Crippen molar-refractivity contribution in [3.63, 3.8) is 0 Å². The van der Waals surface area contributed by atoms with Crippen molar-refractivity contribution in [3.8, 4) is 0 Å². The molecule has 1 heterocycles. The van der Waals surface area contributed by atoms with E-state index in [1.807, 2.05) is 12.1 Å². The Hall–Kier alpha value is -2.15. The number of likely N-dealkylation sites (tertiary alicyclic amines) is 1. The predicted octanol–water partition coefficient (Wildman–Crippen LogP) is 3.68. The fraction of sp³-hybridized carbons (Fsp3) is 0.435. The predicted molar refractivity (Wildman–Crippen MR) is 117 cm³/mol. The first-order valence-electron chi connectivity index (χ1n) is 10.1. The van der Waals surface area contributed by atoms with Gasteiger partial charge in [-0.1, -0.05) is 81.4 Å². The number of benzene rings is 2. The van der Waals surface area contributed by atoms with Crippen LogP contribution in [0.2, 0.25) is 5.04 Å². The Labute approximate surface area is 174 Å². The van der Waals surface area contributed by atoms with Crippen molar-refractivity contribution in [1.29, 1.82) is 0 Å². The first-order valence-corrected chi connectivity index (χ1v) is 12.0. The van der Waals surface area contributed by atoms with E-state index in [0.29, 0.717) is 13.0 Å². The van der Waals surface area contributed by atoms with Crippen LogP contribution in [0, 0.1) is 0 Å². The fourth-order valence-corrected chi connectivity index (χ4v) is 9.10. The van der Waals surface area contributed by atoms with Crippen LogP contribution in [0.25, 0.3) is 0 Å². The van der Waals surface area contributed by atoms with Crippen LogP contribution >= 0.6 is 0 Å². The van der Waals surface area contributed by atoms with E-state index in [2.05, 4.69) is 69.3 Å². The quantitative estimate of drug-likeness (QED) is 0.734. The number of methoxy groups -OCH3 is 1. The number of carbonyl (C=O) groups is 1. The Morgan fingerprint density at radius 3 is 1.97 bits per heavy atom. The molecule has 0 spiro atoms. The van der Waals surface area contributed by atoms with Gasteiger partial charge < -0.3 is 14.3 Å². The molecule has 2 atom stereocenters. The van der Waals surface area contributed by atoms with Crippen LogP contribution < -0.4 is 10.4 Å².